The van der Waals surface area contributed by atoms with Gasteiger partial charge < -0.3 is 15.1 Å². The maximum absolute atomic E-state index is 13.3. The third kappa shape index (κ3) is 1.60. The Kier molecular flexibility index (Phi) is 2.41. The van der Waals surface area contributed by atoms with Crippen LogP contribution < -0.4 is 5.73 Å². The summed E-state index contributed by atoms with van der Waals surface area (Å²) in [4.78, 5) is 7.38. The number of aromatic nitrogens is 2. The zero-order chi connectivity index (χ0) is 12.7. The highest BCUT2D eigenvalue weighted by molar-refractivity contribution is 5.93. The number of H-pyrrole nitrogens is 1. The summed E-state index contributed by atoms with van der Waals surface area (Å²) in [6, 6.07) is 4.56. The predicted octanol–water partition coefficient (Wildman–Crippen LogP) is 2.73. The summed E-state index contributed by atoms with van der Waals surface area (Å²) in [5, 5.41) is 0.750. The number of nitrogens with two attached hydrogens (primary N) is 1. The molecule has 0 amide bonds. The first-order chi connectivity index (χ1) is 8.69. The zero-order valence-electron chi connectivity index (χ0n) is 9.83. The van der Waals surface area contributed by atoms with Gasteiger partial charge in [-0.05, 0) is 25.1 Å². The van der Waals surface area contributed by atoms with E-state index in [2.05, 4.69) is 9.97 Å². The van der Waals surface area contributed by atoms with E-state index in [0.717, 1.165) is 22.2 Å². The second-order valence-electron chi connectivity index (χ2n) is 4.12. The molecule has 4 nitrogen and oxygen atoms in total. The van der Waals surface area contributed by atoms with E-state index in [0.29, 0.717) is 18.2 Å². The van der Waals surface area contributed by atoms with Crippen LogP contribution in [-0.4, -0.2) is 9.97 Å². The van der Waals surface area contributed by atoms with Gasteiger partial charge in [0.05, 0.1) is 17.8 Å². The SMILES string of the molecule is Cc1nc(-c2c[nH]c3ccc(F)cc23)oc1CN. The van der Waals surface area contributed by atoms with Crippen molar-refractivity contribution in [2.24, 2.45) is 5.73 Å². The van der Waals surface area contributed by atoms with E-state index in [1.807, 2.05) is 6.92 Å². The van der Waals surface area contributed by atoms with Gasteiger partial charge in [0, 0.05) is 17.1 Å². The lowest BCUT2D eigenvalue weighted by atomic mass is 10.2. The number of halogens is 1. The number of benzene rings is 1. The summed E-state index contributed by atoms with van der Waals surface area (Å²) in [6.45, 7) is 2.14. The molecule has 18 heavy (non-hydrogen) atoms. The molecule has 0 spiro atoms. The third-order valence-corrected chi connectivity index (χ3v) is 2.95. The molecule has 0 saturated carbocycles. The molecule has 0 saturated heterocycles. The van der Waals surface area contributed by atoms with Crippen LogP contribution in [-0.2, 0) is 6.54 Å². The van der Waals surface area contributed by atoms with Crippen LogP contribution in [0.15, 0.2) is 28.8 Å². The molecule has 1 aromatic carbocycles. The Hall–Kier alpha value is -2.14. The fraction of sp³-hybridized carbons (Fsp3) is 0.154. The standard InChI is InChI=1S/C13H12FN3O/c1-7-12(5-15)18-13(17-7)10-6-16-11-3-2-8(14)4-9(10)11/h2-4,6,16H,5,15H2,1H3. The molecule has 2 heterocycles. The van der Waals surface area contributed by atoms with Crippen molar-refractivity contribution in [1.82, 2.24) is 9.97 Å². The minimum Gasteiger partial charge on any atom is -0.439 e. The van der Waals surface area contributed by atoms with Crippen molar-refractivity contribution in [3.05, 3.63) is 41.7 Å². The summed E-state index contributed by atoms with van der Waals surface area (Å²) in [5.41, 5.74) is 7.90. The monoisotopic (exact) mass is 245 g/mol. The zero-order valence-corrected chi connectivity index (χ0v) is 9.83. The van der Waals surface area contributed by atoms with Gasteiger partial charge in [-0.3, -0.25) is 0 Å². The molecular formula is C13H12FN3O. The molecule has 3 aromatic rings. The van der Waals surface area contributed by atoms with E-state index in [4.69, 9.17) is 10.2 Å². The maximum atomic E-state index is 13.3. The van der Waals surface area contributed by atoms with Crippen LogP contribution in [0.25, 0.3) is 22.4 Å². The second kappa shape index (κ2) is 3.96. The molecule has 0 radical (unpaired) electrons. The van der Waals surface area contributed by atoms with Crippen LogP contribution in [0.5, 0.6) is 0 Å². The van der Waals surface area contributed by atoms with Crippen LogP contribution in [0.2, 0.25) is 0 Å². The summed E-state index contributed by atoms with van der Waals surface area (Å²) in [7, 11) is 0. The number of nitrogens with one attached hydrogen (secondary N) is 1. The molecule has 3 rings (SSSR count). The molecule has 2 aromatic heterocycles. The van der Waals surface area contributed by atoms with Crippen molar-refractivity contribution in [1.29, 1.82) is 0 Å². The van der Waals surface area contributed by atoms with E-state index < -0.39 is 0 Å². The molecule has 0 aliphatic carbocycles. The van der Waals surface area contributed by atoms with Crippen LogP contribution in [0, 0.1) is 12.7 Å². The highest BCUT2D eigenvalue weighted by Crippen LogP contribution is 2.29. The first kappa shape index (κ1) is 11.0. The molecular weight excluding hydrogens is 233 g/mol. The van der Waals surface area contributed by atoms with Gasteiger partial charge in [-0.15, -0.1) is 0 Å². The highest BCUT2D eigenvalue weighted by Gasteiger charge is 2.14. The Morgan fingerprint density at radius 1 is 1.44 bits per heavy atom. The smallest absolute Gasteiger partial charge is 0.228 e. The quantitative estimate of drug-likeness (QED) is 0.729. The molecule has 0 atom stereocenters. The highest BCUT2D eigenvalue weighted by atomic mass is 19.1. The number of hydrogen-bond donors (Lipinski definition) is 2. The number of aromatic amines is 1. The average Bonchev–Trinajstić information content (AvgIpc) is 2.91. The topological polar surface area (TPSA) is 67.8 Å². The van der Waals surface area contributed by atoms with Gasteiger partial charge in [0.25, 0.3) is 0 Å². The van der Waals surface area contributed by atoms with E-state index in [-0.39, 0.29) is 5.82 Å². The molecule has 0 aliphatic heterocycles. The molecule has 92 valence electrons. The number of fused-ring (bicyclic) bond motifs is 1. The van der Waals surface area contributed by atoms with E-state index >= 15 is 0 Å². The van der Waals surface area contributed by atoms with E-state index in [1.165, 1.54) is 12.1 Å². The predicted molar refractivity (Wildman–Crippen MR) is 66.4 cm³/mol. The van der Waals surface area contributed by atoms with Gasteiger partial charge >= 0.3 is 0 Å². The van der Waals surface area contributed by atoms with E-state index in [1.54, 1.807) is 12.3 Å². The summed E-state index contributed by atoms with van der Waals surface area (Å²) in [6.07, 6.45) is 1.76. The number of hydrogen-bond acceptors (Lipinski definition) is 3. The van der Waals surface area contributed by atoms with Crippen LogP contribution in [0.4, 0.5) is 4.39 Å². The Labute approximate surface area is 103 Å². The number of oxazole rings is 1. The second-order valence-corrected chi connectivity index (χ2v) is 4.12. The number of nitrogens with zero attached hydrogens (tertiary/aromatic N) is 1. The van der Waals surface area contributed by atoms with Gasteiger partial charge in [-0.25, -0.2) is 9.37 Å². The fourth-order valence-electron chi connectivity index (χ4n) is 2.00. The summed E-state index contributed by atoms with van der Waals surface area (Å²) < 4.78 is 18.9. The van der Waals surface area contributed by atoms with Gasteiger partial charge in [-0.2, -0.15) is 0 Å². The average molecular weight is 245 g/mol. The first-order valence-corrected chi connectivity index (χ1v) is 5.62. The number of aryl methyl sites for hydroxylation is 1. The van der Waals surface area contributed by atoms with Crippen LogP contribution in [0.1, 0.15) is 11.5 Å². The van der Waals surface area contributed by atoms with Crippen molar-refractivity contribution >= 4 is 10.9 Å². The largest absolute Gasteiger partial charge is 0.439 e. The molecule has 0 bridgehead atoms. The molecule has 0 aliphatic rings. The van der Waals surface area contributed by atoms with Crippen molar-refractivity contribution in [3.63, 3.8) is 0 Å². The van der Waals surface area contributed by atoms with Gasteiger partial charge in [0.15, 0.2) is 0 Å². The Morgan fingerprint density at radius 3 is 3.00 bits per heavy atom. The van der Waals surface area contributed by atoms with Gasteiger partial charge in [-0.1, -0.05) is 0 Å². The van der Waals surface area contributed by atoms with Crippen molar-refractivity contribution in [2.45, 2.75) is 13.5 Å². The van der Waals surface area contributed by atoms with Gasteiger partial charge in [0.1, 0.15) is 11.6 Å². The third-order valence-electron chi connectivity index (χ3n) is 2.95. The maximum Gasteiger partial charge on any atom is 0.228 e. The van der Waals surface area contributed by atoms with Crippen molar-refractivity contribution < 1.29 is 8.81 Å². The lowest BCUT2D eigenvalue weighted by molar-refractivity contribution is 0.519. The molecule has 5 heteroatoms. The molecule has 0 unspecified atom stereocenters. The van der Waals surface area contributed by atoms with Crippen molar-refractivity contribution in [2.75, 3.05) is 0 Å². The Morgan fingerprint density at radius 2 is 2.28 bits per heavy atom. The lowest BCUT2D eigenvalue weighted by Gasteiger charge is -1.94. The minimum absolute atomic E-state index is 0.286. The van der Waals surface area contributed by atoms with Gasteiger partial charge in [0.2, 0.25) is 5.89 Å². The minimum atomic E-state index is -0.286. The Bertz CT molecular complexity index is 714. The van der Waals surface area contributed by atoms with E-state index in [9.17, 15) is 4.39 Å². The first-order valence-electron chi connectivity index (χ1n) is 5.62. The Balaban J connectivity index is 2.21. The van der Waals surface area contributed by atoms with Crippen LogP contribution >= 0.6 is 0 Å². The van der Waals surface area contributed by atoms with Crippen LogP contribution in [0.3, 0.4) is 0 Å². The number of rotatable bonds is 2. The lowest BCUT2D eigenvalue weighted by Crippen LogP contribution is -1.95. The molecule has 3 N–H and O–H groups in total. The molecule has 0 fully saturated rings. The fourth-order valence-corrected chi connectivity index (χ4v) is 2.00. The summed E-state index contributed by atoms with van der Waals surface area (Å²) >= 11 is 0. The summed E-state index contributed by atoms with van der Waals surface area (Å²) in [5.74, 6) is 0.825. The van der Waals surface area contributed by atoms with Crippen molar-refractivity contribution in [3.8, 4) is 11.5 Å². The normalized spacial score (nSPS) is 11.3.